The maximum Gasteiger partial charge on any atom is 0.245 e. The summed E-state index contributed by atoms with van der Waals surface area (Å²) < 4.78 is 40.8. The minimum atomic E-state index is -3.55. The molecule has 7 nitrogen and oxygen atoms in total. The fourth-order valence-electron chi connectivity index (χ4n) is 2.60. The first-order valence-electron chi connectivity index (χ1n) is 7.39. The molecule has 1 aromatic carbocycles. The van der Waals surface area contributed by atoms with Gasteiger partial charge >= 0.3 is 0 Å². The molecule has 0 aliphatic carbocycles. The van der Waals surface area contributed by atoms with Crippen LogP contribution in [0.3, 0.4) is 0 Å². The predicted octanol–water partition coefficient (Wildman–Crippen LogP) is 1.79. The lowest BCUT2D eigenvalue weighted by Crippen LogP contribution is -2.51. The van der Waals surface area contributed by atoms with Gasteiger partial charge in [-0.15, -0.1) is 0 Å². The van der Waals surface area contributed by atoms with Crippen LogP contribution in [0.4, 0.5) is 0 Å². The average molecular weight is 362 g/mol. The number of hydrogen-bond donors (Lipinski definition) is 0. The Hall–Kier alpha value is -2.10. The molecule has 0 atom stereocenters. The average Bonchev–Trinajstić information content (AvgIpc) is 3.02. The molecule has 0 spiro atoms. The Bertz CT molecular complexity index is 953. The van der Waals surface area contributed by atoms with Crippen LogP contribution < -0.4 is 4.74 Å². The Balaban J connectivity index is 1.43. The van der Waals surface area contributed by atoms with Crippen molar-refractivity contribution in [2.45, 2.75) is 4.90 Å². The first-order chi connectivity index (χ1) is 11.6. The van der Waals surface area contributed by atoms with Crippen LogP contribution in [0.5, 0.6) is 5.75 Å². The fourth-order valence-corrected chi connectivity index (χ4v) is 4.94. The lowest BCUT2D eigenvalue weighted by Gasteiger charge is -2.37. The van der Waals surface area contributed by atoms with Gasteiger partial charge in [-0.25, -0.2) is 8.42 Å². The second-order valence-electron chi connectivity index (χ2n) is 5.58. The van der Waals surface area contributed by atoms with Crippen molar-refractivity contribution in [2.75, 3.05) is 19.7 Å². The Morgan fingerprint density at radius 2 is 2.08 bits per heavy atom. The molecule has 24 heavy (non-hydrogen) atoms. The molecule has 0 unspecified atom stereocenters. The highest BCUT2D eigenvalue weighted by molar-refractivity contribution is 7.89. The first-order valence-corrected chi connectivity index (χ1v) is 9.56. The maximum absolute atomic E-state index is 12.8. The van der Waals surface area contributed by atoms with E-state index in [1.54, 1.807) is 36.7 Å². The summed E-state index contributed by atoms with van der Waals surface area (Å²) in [4.78, 5) is 4.20. The van der Waals surface area contributed by atoms with Crippen LogP contribution in [0.15, 0.2) is 47.6 Å². The van der Waals surface area contributed by atoms with E-state index in [1.807, 2.05) is 6.07 Å². The van der Waals surface area contributed by atoms with Crippen molar-refractivity contribution in [1.29, 1.82) is 0 Å². The van der Waals surface area contributed by atoms with Crippen molar-refractivity contribution in [3.05, 3.63) is 42.7 Å². The van der Waals surface area contributed by atoms with Gasteiger partial charge in [-0.1, -0.05) is 6.07 Å². The third-order valence-corrected chi connectivity index (χ3v) is 6.32. The molecule has 4 rings (SSSR count). The second-order valence-corrected chi connectivity index (χ2v) is 8.01. The van der Waals surface area contributed by atoms with Crippen LogP contribution in [0.25, 0.3) is 11.0 Å². The molecular weight excluding hydrogens is 348 g/mol. The van der Waals surface area contributed by atoms with Crippen molar-refractivity contribution in [1.82, 2.24) is 18.0 Å². The van der Waals surface area contributed by atoms with Crippen LogP contribution in [0.1, 0.15) is 0 Å². The monoisotopic (exact) mass is 362 g/mol. The van der Waals surface area contributed by atoms with Crippen molar-refractivity contribution in [3.63, 3.8) is 0 Å². The van der Waals surface area contributed by atoms with Gasteiger partial charge in [0.25, 0.3) is 0 Å². The third-order valence-electron chi connectivity index (χ3n) is 3.91. The zero-order valence-corrected chi connectivity index (χ0v) is 14.2. The summed E-state index contributed by atoms with van der Waals surface area (Å²) in [6.45, 7) is 1.35. The summed E-state index contributed by atoms with van der Waals surface area (Å²) in [5.74, 6) is 0.866. The number of benzene rings is 1. The Morgan fingerprint density at radius 1 is 1.21 bits per heavy atom. The van der Waals surface area contributed by atoms with E-state index in [-0.39, 0.29) is 10.8 Å². The van der Waals surface area contributed by atoms with E-state index in [0.717, 1.165) is 11.7 Å². The quantitative estimate of drug-likeness (QED) is 0.688. The van der Waals surface area contributed by atoms with Gasteiger partial charge in [0, 0.05) is 25.2 Å². The topological polar surface area (TPSA) is 85.3 Å². The smallest absolute Gasteiger partial charge is 0.245 e. The van der Waals surface area contributed by atoms with Crippen LogP contribution in [0.2, 0.25) is 0 Å². The lowest BCUT2D eigenvalue weighted by molar-refractivity contribution is 0.129. The number of aromatic nitrogens is 3. The molecule has 0 bridgehead atoms. The minimum absolute atomic E-state index is 0.174. The second kappa shape index (κ2) is 6.08. The molecule has 3 heterocycles. The Kier molecular flexibility index (Phi) is 3.91. The third kappa shape index (κ3) is 2.74. The number of ether oxygens (including phenoxy) is 1. The van der Waals surface area contributed by atoms with Gasteiger partial charge in [0.15, 0.2) is 0 Å². The number of fused-ring (bicyclic) bond motifs is 1. The van der Waals surface area contributed by atoms with Crippen molar-refractivity contribution >= 4 is 32.8 Å². The largest absolute Gasteiger partial charge is 0.492 e. The molecule has 124 valence electrons. The summed E-state index contributed by atoms with van der Waals surface area (Å²) in [6, 6.07) is 8.67. The van der Waals surface area contributed by atoms with Gasteiger partial charge in [0.1, 0.15) is 21.7 Å². The summed E-state index contributed by atoms with van der Waals surface area (Å²) in [7, 11) is -3.55. The van der Waals surface area contributed by atoms with E-state index >= 15 is 0 Å². The van der Waals surface area contributed by atoms with E-state index in [9.17, 15) is 8.42 Å². The number of hydrogen-bond acceptors (Lipinski definition) is 7. The molecule has 1 fully saturated rings. The highest BCUT2D eigenvalue weighted by Crippen LogP contribution is 2.29. The summed E-state index contributed by atoms with van der Waals surface area (Å²) in [6.07, 6.45) is 3.32. The zero-order chi connectivity index (χ0) is 16.6. The van der Waals surface area contributed by atoms with Crippen LogP contribution in [0, 0.1) is 5.92 Å². The summed E-state index contributed by atoms with van der Waals surface area (Å²) >= 11 is 1.02. The van der Waals surface area contributed by atoms with Crippen molar-refractivity contribution in [3.8, 4) is 5.75 Å². The SMILES string of the molecule is O=S(=O)(c1cccc2nsnc12)N1CC(COc2cccnc2)C1. The van der Waals surface area contributed by atoms with Gasteiger partial charge in [0.05, 0.1) is 24.5 Å². The molecule has 1 aliphatic rings. The summed E-state index contributed by atoms with van der Waals surface area (Å²) in [5.41, 5.74) is 1.05. The molecule has 2 aromatic heterocycles. The number of sulfonamides is 1. The van der Waals surface area contributed by atoms with E-state index in [0.29, 0.717) is 36.5 Å². The lowest BCUT2D eigenvalue weighted by atomic mass is 10.1. The van der Waals surface area contributed by atoms with Crippen molar-refractivity contribution in [2.24, 2.45) is 5.92 Å². The molecule has 0 saturated carbocycles. The number of rotatable bonds is 5. The fraction of sp³-hybridized carbons (Fsp3) is 0.267. The van der Waals surface area contributed by atoms with Gasteiger partial charge in [-0.05, 0) is 24.3 Å². The van der Waals surface area contributed by atoms with E-state index < -0.39 is 10.0 Å². The molecule has 1 saturated heterocycles. The van der Waals surface area contributed by atoms with E-state index in [4.69, 9.17) is 4.74 Å². The van der Waals surface area contributed by atoms with Crippen molar-refractivity contribution < 1.29 is 13.2 Å². The van der Waals surface area contributed by atoms with Gasteiger partial charge in [-0.3, -0.25) is 4.98 Å². The Morgan fingerprint density at radius 3 is 2.88 bits per heavy atom. The predicted molar refractivity (Wildman–Crippen MR) is 89.4 cm³/mol. The molecule has 9 heteroatoms. The zero-order valence-electron chi connectivity index (χ0n) is 12.6. The molecule has 0 radical (unpaired) electrons. The van der Waals surface area contributed by atoms with Crippen LogP contribution >= 0.6 is 11.7 Å². The highest BCUT2D eigenvalue weighted by Gasteiger charge is 2.38. The molecule has 3 aromatic rings. The standard InChI is InChI=1S/C15H14N4O3S2/c20-24(21,14-5-1-4-13-15(14)18-23-17-13)19-8-11(9-19)10-22-12-3-2-6-16-7-12/h1-7,11H,8-10H2. The molecule has 1 aliphatic heterocycles. The minimum Gasteiger partial charge on any atom is -0.492 e. The highest BCUT2D eigenvalue weighted by atomic mass is 32.2. The first kappa shape index (κ1) is 15.4. The van der Waals surface area contributed by atoms with E-state index in [2.05, 4.69) is 13.7 Å². The number of nitrogens with zero attached hydrogens (tertiary/aromatic N) is 4. The van der Waals surface area contributed by atoms with Gasteiger partial charge in [0.2, 0.25) is 10.0 Å². The molecule has 0 N–H and O–H groups in total. The normalized spacial score (nSPS) is 16.2. The van der Waals surface area contributed by atoms with Crippen LogP contribution in [-0.4, -0.2) is 46.2 Å². The van der Waals surface area contributed by atoms with Crippen LogP contribution in [-0.2, 0) is 10.0 Å². The Labute approximate surface area is 143 Å². The molecular formula is C15H14N4O3S2. The number of pyridine rings is 1. The van der Waals surface area contributed by atoms with Gasteiger partial charge in [-0.2, -0.15) is 13.1 Å². The summed E-state index contributed by atoms with van der Waals surface area (Å²) in [5, 5.41) is 0. The van der Waals surface area contributed by atoms with E-state index in [1.165, 1.54) is 4.31 Å². The van der Waals surface area contributed by atoms with Gasteiger partial charge < -0.3 is 4.74 Å². The molecule has 0 amide bonds. The maximum atomic E-state index is 12.8.